The van der Waals surface area contributed by atoms with Gasteiger partial charge in [0.1, 0.15) is 10.8 Å². The van der Waals surface area contributed by atoms with Gasteiger partial charge in [0.05, 0.1) is 11.4 Å². The Labute approximate surface area is 149 Å². The number of piperazine rings is 1. The van der Waals surface area contributed by atoms with E-state index >= 15 is 0 Å². The number of halogens is 1. The fraction of sp³-hybridized carbons (Fsp3) is 0.278. The highest BCUT2D eigenvalue weighted by molar-refractivity contribution is 7.14. The van der Waals surface area contributed by atoms with Gasteiger partial charge >= 0.3 is 0 Å². The minimum Gasteiger partial charge on any atom is -0.367 e. The van der Waals surface area contributed by atoms with Crippen LogP contribution < -0.4 is 4.90 Å². The average molecular weight is 359 g/mol. The van der Waals surface area contributed by atoms with E-state index in [1.165, 1.54) is 11.6 Å². The lowest BCUT2D eigenvalue weighted by molar-refractivity contribution is 0.247. The first kappa shape index (κ1) is 15.7. The molecule has 4 rings (SSSR count). The minimum absolute atomic E-state index is 0.133. The van der Waals surface area contributed by atoms with Crippen LogP contribution in [0.5, 0.6) is 0 Å². The standard InChI is InChI=1S/C18H18FN3S2/c19-16-3-1-2-4-17(16)22-8-6-21(7-9-22)11-15-13-24-18(20-15)14-5-10-23-12-14/h1-5,10,12-13H,6-9,11H2. The minimum atomic E-state index is -0.133. The number of rotatable bonds is 4. The van der Waals surface area contributed by atoms with Crippen molar-refractivity contribution < 1.29 is 4.39 Å². The van der Waals surface area contributed by atoms with Crippen LogP contribution in [0.1, 0.15) is 5.69 Å². The van der Waals surface area contributed by atoms with Crippen molar-refractivity contribution in [1.82, 2.24) is 9.88 Å². The molecule has 0 atom stereocenters. The maximum Gasteiger partial charge on any atom is 0.146 e. The van der Waals surface area contributed by atoms with Crippen LogP contribution in [0.4, 0.5) is 10.1 Å². The van der Waals surface area contributed by atoms with Crippen LogP contribution in [-0.2, 0) is 6.54 Å². The van der Waals surface area contributed by atoms with E-state index in [-0.39, 0.29) is 5.82 Å². The fourth-order valence-corrected chi connectivity index (χ4v) is 4.51. The molecule has 1 aliphatic heterocycles. The zero-order valence-electron chi connectivity index (χ0n) is 13.2. The molecule has 2 aromatic heterocycles. The number of thiophene rings is 1. The molecule has 1 saturated heterocycles. The Hall–Kier alpha value is -1.76. The van der Waals surface area contributed by atoms with Crippen molar-refractivity contribution in [2.75, 3.05) is 31.1 Å². The second-order valence-electron chi connectivity index (χ2n) is 5.87. The normalized spacial score (nSPS) is 15.8. The van der Waals surface area contributed by atoms with Crippen LogP contribution in [0.3, 0.4) is 0 Å². The lowest BCUT2D eigenvalue weighted by atomic mass is 10.2. The fourth-order valence-electron chi connectivity index (χ4n) is 2.98. The third kappa shape index (κ3) is 3.36. The van der Waals surface area contributed by atoms with Crippen molar-refractivity contribution >= 4 is 28.4 Å². The maximum absolute atomic E-state index is 13.9. The molecule has 0 radical (unpaired) electrons. The average Bonchev–Trinajstić information content (AvgIpc) is 3.27. The summed E-state index contributed by atoms with van der Waals surface area (Å²) in [5.74, 6) is -0.133. The molecule has 0 spiro atoms. The molecular weight excluding hydrogens is 341 g/mol. The first-order valence-electron chi connectivity index (χ1n) is 7.98. The number of hydrogen-bond donors (Lipinski definition) is 0. The Balaban J connectivity index is 1.36. The zero-order chi connectivity index (χ0) is 16.4. The second kappa shape index (κ2) is 7.01. The van der Waals surface area contributed by atoms with Gasteiger partial charge in [-0.15, -0.1) is 11.3 Å². The van der Waals surface area contributed by atoms with E-state index in [0.717, 1.165) is 43.4 Å². The largest absolute Gasteiger partial charge is 0.367 e. The van der Waals surface area contributed by atoms with E-state index in [4.69, 9.17) is 4.98 Å². The molecule has 0 saturated carbocycles. The molecule has 124 valence electrons. The summed E-state index contributed by atoms with van der Waals surface area (Å²) in [4.78, 5) is 9.27. The van der Waals surface area contributed by atoms with E-state index < -0.39 is 0 Å². The highest BCUT2D eigenvalue weighted by Crippen LogP contribution is 2.26. The van der Waals surface area contributed by atoms with Crippen molar-refractivity contribution in [3.05, 3.63) is 58.0 Å². The Morgan fingerprint density at radius 3 is 2.62 bits per heavy atom. The molecule has 0 N–H and O–H groups in total. The van der Waals surface area contributed by atoms with Crippen LogP contribution in [0.25, 0.3) is 10.6 Å². The molecule has 0 bridgehead atoms. The van der Waals surface area contributed by atoms with E-state index in [2.05, 4.69) is 32.0 Å². The molecule has 3 aromatic rings. The van der Waals surface area contributed by atoms with Gasteiger partial charge in [-0.05, 0) is 23.6 Å². The molecular formula is C18H18FN3S2. The van der Waals surface area contributed by atoms with Crippen LogP contribution in [-0.4, -0.2) is 36.1 Å². The SMILES string of the molecule is Fc1ccccc1N1CCN(Cc2csc(-c3ccsc3)n2)CC1. The second-order valence-corrected chi connectivity index (χ2v) is 7.51. The van der Waals surface area contributed by atoms with E-state index in [9.17, 15) is 4.39 Å². The molecule has 1 aliphatic rings. The van der Waals surface area contributed by atoms with E-state index in [0.29, 0.717) is 5.69 Å². The van der Waals surface area contributed by atoms with Gasteiger partial charge in [-0.1, -0.05) is 12.1 Å². The number of aromatic nitrogens is 1. The van der Waals surface area contributed by atoms with Gasteiger partial charge in [-0.3, -0.25) is 4.90 Å². The topological polar surface area (TPSA) is 19.4 Å². The molecule has 6 heteroatoms. The quantitative estimate of drug-likeness (QED) is 0.691. The maximum atomic E-state index is 13.9. The molecule has 3 heterocycles. The summed E-state index contributed by atoms with van der Waals surface area (Å²) in [6, 6.07) is 9.14. The van der Waals surface area contributed by atoms with Gasteiger partial charge in [0, 0.05) is 49.0 Å². The number of anilines is 1. The molecule has 1 fully saturated rings. The molecule has 0 amide bonds. The Morgan fingerprint density at radius 2 is 1.88 bits per heavy atom. The summed E-state index contributed by atoms with van der Waals surface area (Å²) in [5.41, 5.74) is 3.05. The monoisotopic (exact) mass is 359 g/mol. The van der Waals surface area contributed by atoms with E-state index in [1.807, 2.05) is 12.1 Å². The van der Waals surface area contributed by atoms with Gasteiger partial charge in [-0.2, -0.15) is 11.3 Å². The number of para-hydroxylation sites is 1. The summed E-state index contributed by atoms with van der Waals surface area (Å²) in [5, 5.41) is 7.46. The number of benzene rings is 1. The van der Waals surface area contributed by atoms with Crippen LogP contribution >= 0.6 is 22.7 Å². The van der Waals surface area contributed by atoms with E-state index in [1.54, 1.807) is 28.7 Å². The Bertz CT molecular complexity index is 792. The van der Waals surface area contributed by atoms with Gasteiger partial charge in [0.25, 0.3) is 0 Å². The summed E-state index contributed by atoms with van der Waals surface area (Å²) >= 11 is 3.40. The molecule has 0 aliphatic carbocycles. The summed E-state index contributed by atoms with van der Waals surface area (Å²) in [6.45, 7) is 4.43. The predicted molar refractivity (Wildman–Crippen MR) is 99.3 cm³/mol. The van der Waals surface area contributed by atoms with Crippen molar-refractivity contribution in [1.29, 1.82) is 0 Å². The Morgan fingerprint density at radius 1 is 1.04 bits per heavy atom. The third-order valence-corrected chi connectivity index (χ3v) is 5.89. The molecule has 1 aromatic carbocycles. The van der Waals surface area contributed by atoms with Crippen molar-refractivity contribution in [3.63, 3.8) is 0 Å². The van der Waals surface area contributed by atoms with Crippen LogP contribution in [0.2, 0.25) is 0 Å². The number of hydrogen-bond acceptors (Lipinski definition) is 5. The zero-order valence-corrected chi connectivity index (χ0v) is 14.8. The van der Waals surface area contributed by atoms with Gasteiger partial charge in [-0.25, -0.2) is 9.37 Å². The third-order valence-electron chi connectivity index (χ3n) is 4.27. The van der Waals surface area contributed by atoms with Gasteiger partial charge < -0.3 is 4.90 Å². The van der Waals surface area contributed by atoms with Crippen LogP contribution in [0.15, 0.2) is 46.5 Å². The summed E-state index contributed by atoms with van der Waals surface area (Å²) in [7, 11) is 0. The lowest BCUT2D eigenvalue weighted by Crippen LogP contribution is -2.46. The van der Waals surface area contributed by atoms with Crippen molar-refractivity contribution in [3.8, 4) is 10.6 Å². The van der Waals surface area contributed by atoms with Crippen LogP contribution in [0, 0.1) is 5.82 Å². The Kier molecular flexibility index (Phi) is 4.60. The molecule has 24 heavy (non-hydrogen) atoms. The smallest absolute Gasteiger partial charge is 0.146 e. The van der Waals surface area contributed by atoms with Crippen molar-refractivity contribution in [2.24, 2.45) is 0 Å². The highest BCUT2D eigenvalue weighted by Gasteiger charge is 2.20. The molecule has 3 nitrogen and oxygen atoms in total. The summed E-state index contributed by atoms with van der Waals surface area (Å²) in [6.07, 6.45) is 0. The lowest BCUT2D eigenvalue weighted by Gasteiger charge is -2.35. The number of thiazole rings is 1. The first-order valence-corrected chi connectivity index (χ1v) is 9.80. The predicted octanol–water partition coefficient (Wildman–Crippen LogP) is 4.33. The molecule has 0 unspecified atom stereocenters. The first-order chi connectivity index (χ1) is 11.8. The summed E-state index contributed by atoms with van der Waals surface area (Å²) < 4.78 is 13.9. The van der Waals surface area contributed by atoms with Crippen molar-refractivity contribution in [2.45, 2.75) is 6.54 Å². The highest BCUT2D eigenvalue weighted by atomic mass is 32.1. The van der Waals surface area contributed by atoms with Gasteiger partial charge in [0.2, 0.25) is 0 Å². The van der Waals surface area contributed by atoms with Gasteiger partial charge in [0.15, 0.2) is 0 Å². The number of nitrogens with zero attached hydrogens (tertiary/aromatic N) is 3.